The molecule has 0 amide bonds. The minimum Gasteiger partial charge on any atom is -0.166 e. The number of rotatable bonds is 2. The van der Waals surface area contributed by atoms with Crippen molar-refractivity contribution in [3.63, 3.8) is 0 Å². The average Bonchev–Trinajstić information content (AvgIpc) is 3.26. The summed E-state index contributed by atoms with van der Waals surface area (Å²) in [7, 11) is 0. The molecular weight excluding hydrogens is 453 g/mol. The van der Waals surface area contributed by atoms with E-state index < -0.39 is 11.7 Å². The van der Waals surface area contributed by atoms with Crippen molar-refractivity contribution in [1.29, 1.82) is 0 Å². The molecule has 0 spiro atoms. The van der Waals surface area contributed by atoms with Crippen molar-refractivity contribution in [3.8, 4) is 21.8 Å². The molecule has 0 N–H and O–H groups in total. The van der Waals surface area contributed by atoms with Gasteiger partial charge in [-0.25, -0.2) is 0 Å². The molecule has 0 saturated heterocycles. The van der Waals surface area contributed by atoms with Gasteiger partial charge in [-0.3, -0.25) is 0 Å². The number of benzene rings is 4. The zero-order chi connectivity index (χ0) is 23.4. The Balaban J connectivity index is 1.64. The SMILES string of the molecule is Cc1cc(C(F)(F)F)ccc1-c1nnc(-c2cc3ccccc3s2)c2cc3ccccc3cc12. The summed E-state index contributed by atoms with van der Waals surface area (Å²) in [6.45, 7) is 1.68. The van der Waals surface area contributed by atoms with Crippen molar-refractivity contribution in [3.05, 3.63) is 96.1 Å². The van der Waals surface area contributed by atoms with Crippen molar-refractivity contribution in [1.82, 2.24) is 10.2 Å². The fourth-order valence-corrected chi connectivity index (χ4v) is 5.49. The normalized spacial score (nSPS) is 12.1. The van der Waals surface area contributed by atoms with Gasteiger partial charge < -0.3 is 0 Å². The summed E-state index contributed by atoms with van der Waals surface area (Å²) in [6, 6.07) is 26.2. The molecular formula is C28H17F3N2S. The standard InChI is InChI=1S/C28H17F3N2S/c1-16-12-20(28(29,30)31)10-11-21(16)26-22-13-17-6-2-3-7-18(17)14-23(22)27(33-32-26)25-15-19-8-4-5-9-24(19)34-25/h2-15H,1H3. The molecule has 6 heteroatoms. The van der Waals surface area contributed by atoms with Crippen LogP contribution in [0.2, 0.25) is 0 Å². The Bertz CT molecular complexity index is 1680. The highest BCUT2D eigenvalue weighted by Crippen LogP contribution is 2.40. The van der Waals surface area contributed by atoms with Gasteiger partial charge in [-0.15, -0.1) is 21.5 Å². The molecule has 6 aromatic rings. The first-order valence-corrected chi connectivity index (χ1v) is 11.6. The van der Waals surface area contributed by atoms with Gasteiger partial charge in [0, 0.05) is 21.0 Å². The summed E-state index contributed by atoms with van der Waals surface area (Å²) in [6.07, 6.45) is -4.39. The third kappa shape index (κ3) is 3.42. The Hall–Kier alpha value is -3.77. The molecule has 0 aliphatic carbocycles. The van der Waals surface area contributed by atoms with E-state index in [0.29, 0.717) is 16.8 Å². The summed E-state index contributed by atoms with van der Waals surface area (Å²) >= 11 is 1.65. The van der Waals surface area contributed by atoms with E-state index in [0.717, 1.165) is 48.3 Å². The fourth-order valence-electron chi connectivity index (χ4n) is 4.43. The Morgan fingerprint density at radius 1 is 0.676 bits per heavy atom. The fraction of sp³-hybridized carbons (Fsp3) is 0.0714. The molecule has 0 unspecified atom stereocenters. The Morgan fingerprint density at radius 3 is 1.94 bits per heavy atom. The third-order valence-electron chi connectivity index (χ3n) is 6.11. The van der Waals surface area contributed by atoms with Crippen molar-refractivity contribution in [2.45, 2.75) is 13.1 Å². The highest BCUT2D eigenvalue weighted by atomic mass is 32.1. The van der Waals surface area contributed by atoms with Gasteiger partial charge in [0.25, 0.3) is 0 Å². The number of fused-ring (bicyclic) bond motifs is 3. The predicted octanol–water partition coefficient (Wildman–Crippen LogP) is 8.66. The molecule has 2 nitrogen and oxygen atoms in total. The van der Waals surface area contributed by atoms with E-state index in [2.05, 4.69) is 40.5 Å². The lowest BCUT2D eigenvalue weighted by atomic mass is 9.95. The topological polar surface area (TPSA) is 25.8 Å². The summed E-state index contributed by atoms with van der Waals surface area (Å²) in [5, 5.41) is 14.2. The van der Waals surface area contributed by atoms with Gasteiger partial charge in [-0.05, 0) is 65.0 Å². The second kappa shape index (κ2) is 7.64. The molecule has 0 saturated carbocycles. The number of aromatic nitrogens is 2. The van der Waals surface area contributed by atoms with Gasteiger partial charge in [0.05, 0.1) is 10.4 Å². The van der Waals surface area contributed by atoms with Crippen LogP contribution in [0.3, 0.4) is 0 Å². The number of hydrogen-bond donors (Lipinski definition) is 0. The zero-order valence-corrected chi connectivity index (χ0v) is 18.8. The van der Waals surface area contributed by atoms with Crippen molar-refractivity contribution in [2.24, 2.45) is 0 Å². The highest BCUT2D eigenvalue weighted by Gasteiger charge is 2.31. The molecule has 166 valence electrons. The smallest absolute Gasteiger partial charge is 0.166 e. The van der Waals surface area contributed by atoms with E-state index >= 15 is 0 Å². The van der Waals surface area contributed by atoms with Crippen LogP contribution in [0.15, 0.2) is 84.9 Å². The summed E-state index contributed by atoms with van der Waals surface area (Å²) < 4.78 is 40.9. The molecule has 2 heterocycles. The van der Waals surface area contributed by atoms with Crippen LogP contribution < -0.4 is 0 Å². The molecule has 0 fully saturated rings. The van der Waals surface area contributed by atoms with Crippen LogP contribution in [0.4, 0.5) is 13.2 Å². The summed E-state index contributed by atoms with van der Waals surface area (Å²) in [5.74, 6) is 0. The van der Waals surface area contributed by atoms with Gasteiger partial charge in [-0.1, -0.05) is 48.5 Å². The number of thiophene rings is 1. The quantitative estimate of drug-likeness (QED) is 0.237. The van der Waals surface area contributed by atoms with Gasteiger partial charge >= 0.3 is 6.18 Å². The van der Waals surface area contributed by atoms with Crippen molar-refractivity contribution >= 4 is 43.0 Å². The average molecular weight is 471 g/mol. The molecule has 0 aliphatic rings. The van der Waals surface area contributed by atoms with E-state index in [-0.39, 0.29) is 0 Å². The number of aryl methyl sites for hydroxylation is 1. The number of halogens is 3. The van der Waals surface area contributed by atoms with Gasteiger partial charge in [0.2, 0.25) is 0 Å². The van der Waals surface area contributed by atoms with E-state index in [1.54, 1.807) is 18.3 Å². The van der Waals surface area contributed by atoms with Crippen LogP contribution in [0.1, 0.15) is 11.1 Å². The molecule has 6 rings (SSSR count). The summed E-state index contributed by atoms with van der Waals surface area (Å²) in [4.78, 5) is 1.00. The van der Waals surface area contributed by atoms with Crippen LogP contribution in [0.25, 0.3) is 53.5 Å². The van der Waals surface area contributed by atoms with E-state index in [4.69, 9.17) is 0 Å². The highest BCUT2D eigenvalue weighted by molar-refractivity contribution is 7.22. The molecule has 0 atom stereocenters. The lowest BCUT2D eigenvalue weighted by Gasteiger charge is -2.14. The molecule has 34 heavy (non-hydrogen) atoms. The monoisotopic (exact) mass is 470 g/mol. The second-order valence-electron chi connectivity index (χ2n) is 8.32. The number of hydrogen-bond acceptors (Lipinski definition) is 3. The van der Waals surface area contributed by atoms with Crippen LogP contribution >= 0.6 is 11.3 Å². The molecule has 0 radical (unpaired) electrons. The zero-order valence-electron chi connectivity index (χ0n) is 18.0. The Morgan fingerprint density at radius 2 is 1.29 bits per heavy atom. The summed E-state index contributed by atoms with van der Waals surface area (Å²) in [5.41, 5.74) is 1.84. The van der Waals surface area contributed by atoms with E-state index in [1.165, 1.54) is 12.1 Å². The lowest BCUT2D eigenvalue weighted by Crippen LogP contribution is -2.05. The van der Waals surface area contributed by atoms with Gasteiger partial charge in [0.15, 0.2) is 0 Å². The number of nitrogens with zero attached hydrogens (tertiary/aromatic N) is 2. The van der Waals surface area contributed by atoms with E-state index in [1.807, 2.05) is 36.4 Å². The second-order valence-corrected chi connectivity index (χ2v) is 9.40. The Labute approximate surface area is 197 Å². The molecule has 0 bridgehead atoms. The van der Waals surface area contributed by atoms with Crippen molar-refractivity contribution < 1.29 is 13.2 Å². The minimum absolute atomic E-state index is 0.508. The van der Waals surface area contributed by atoms with Gasteiger partial charge in [-0.2, -0.15) is 13.2 Å². The lowest BCUT2D eigenvalue weighted by molar-refractivity contribution is -0.137. The molecule has 0 aliphatic heterocycles. The minimum atomic E-state index is -4.39. The largest absolute Gasteiger partial charge is 0.416 e. The van der Waals surface area contributed by atoms with E-state index in [9.17, 15) is 13.2 Å². The molecule has 2 aromatic heterocycles. The van der Waals surface area contributed by atoms with Crippen molar-refractivity contribution in [2.75, 3.05) is 0 Å². The maximum atomic E-state index is 13.2. The first-order chi connectivity index (χ1) is 16.4. The van der Waals surface area contributed by atoms with Crippen LogP contribution in [0, 0.1) is 6.92 Å². The first kappa shape index (κ1) is 20.8. The van der Waals surface area contributed by atoms with Crippen LogP contribution in [0.5, 0.6) is 0 Å². The maximum absolute atomic E-state index is 13.2. The maximum Gasteiger partial charge on any atom is 0.416 e. The number of alkyl halides is 3. The Kier molecular flexibility index (Phi) is 4.67. The van der Waals surface area contributed by atoms with Crippen LogP contribution in [-0.2, 0) is 6.18 Å². The third-order valence-corrected chi connectivity index (χ3v) is 7.24. The molecule has 4 aromatic carbocycles. The van der Waals surface area contributed by atoms with Gasteiger partial charge in [0.1, 0.15) is 11.4 Å². The first-order valence-electron chi connectivity index (χ1n) is 10.7. The van der Waals surface area contributed by atoms with Crippen LogP contribution in [-0.4, -0.2) is 10.2 Å². The predicted molar refractivity (Wildman–Crippen MR) is 133 cm³/mol.